The maximum absolute atomic E-state index is 6.52. The van der Waals surface area contributed by atoms with E-state index < -0.39 is 0 Å². The van der Waals surface area contributed by atoms with Crippen LogP contribution in [0.1, 0.15) is 0 Å². The van der Waals surface area contributed by atoms with Gasteiger partial charge in [0.25, 0.3) is 0 Å². The van der Waals surface area contributed by atoms with Crippen molar-refractivity contribution < 1.29 is 4.42 Å². The molecule has 0 radical (unpaired) electrons. The number of rotatable bonds is 2. The van der Waals surface area contributed by atoms with Crippen molar-refractivity contribution in [2.24, 2.45) is 0 Å². The molecule has 0 fully saturated rings. The Morgan fingerprint density at radius 3 is 2.21 bits per heavy atom. The number of hydrogen-bond acceptors (Lipinski definition) is 4. The van der Waals surface area contributed by atoms with Crippen LogP contribution in [-0.4, -0.2) is 23.9 Å². The first-order valence-electron chi connectivity index (χ1n) is 14.4. The summed E-state index contributed by atoms with van der Waals surface area (Å²) in [5.74, 6) is 0.618. The highest BCUT2D eigenvalue weighted by Gasteiger charge is 2.27. The third-order valence-corrected chi connectivity index (χ3v) is 9.11. The lowest BCUT2D eigenvalue weighted by Gasteiger charge is -2.11. The molecule has 6 heteroatoms. The van der Waals surface area contributed by atoms with Gasteiger partial charge in [0.1, 0.15) is 16.9 Å². The summed E-state index contributed by atoms with van der Waals surface area (Å²) in [6.45, 7) is 0. The fourth-order valence-corrected chi connectivity index (χ4v) is 7.44. The number of benzene rings is 5. The molecule has 0 amide bonds. The van der Waals surface area contributed by atoms with Gasteiger partial charge in [-0.25, -0.2) is 9.97 Å². The van der Waals surface area contributed by atoms with Gasteiger partial charge in [-0.1, -0.05) is 48.5 Å². The Bertz CT molecular complexity index is 2890. The summed E-state index contributed by atoms with van der Waals surface area (Å²) in [5.41, 5.74) is 9.91. The van der Waals surface area contributed by atoms with Crippen molar-refractivity contribution in [2.45, 2.75) is 0 Å². The first-order chi connectivity index (χ1) is 21.3. The van der Waals surface area contributed by atoms with E-state index in [1.54, 1.807) is 0 Å². The smallest absolute Gasteiger partial charge is 0.235 e. The van der Waals surface area contributed by atoms with Crippen LogP contribution in [-0.2, 0) is 0 Å². The third kappa shape index (κ3) is 2.54. The highest BCUT2D eigenvalue weighted by atomic mass is 16.3. The van der Waals surface area contributed by atoms with Crippen LogP contribution in [0.2, 0.25) is 0 Å². The summed E-state index contributed by atoms with van der Waals surface area (Å²) in [6, 6.07) is 37.9. The largest absolute Gasteiger partial charge is 0.456 e. The molecule has 0 aliphatic rings. The maximum atomic E-state index is 6.52. The van der Waals surface area contributed by atoms with Crippen molar-refractivity contribution >= 4 is 82.0 Å². The van der Waals surface area contributed by atoms with Gasteiger partial charge in [-0.05, 0) is 60.7 Å². The predicted molar refractivity (Wildman–Crippen MR) is 173 cm³/mol. The minimum atomic E-state index is 0.618. The number of aromatic nitrogens is 5. The van der Waals surface area contributed by atoms with Crippen molar-refractivity contribution in [3.63, 3.8) is 0 Å². The zero-order chi connectivity index (χ0) is 27.8. The lowest BCUT2D eigenvalue weighted by atomic mass is 10.0. The summed E-state index contributed by atoms with van der Waals surface area (Å²) in [6.07, 6.45) is 1.81. The monoisotopic (exact) mass is 549 g/mol. The van der Waals surface area contributed by atoms with Crippen molar-refractivity contribution in [1.82, 2.24) is 23.9 Å². The number of furan rings is 1. The molecular formula is C37H19N5O. The van der Waals surface area contributed by atoms with Crippen LogP contribution in [0.15, 0.2) is 120 Å². The molecule has 198 valence electrons. The minimum absolute atomic E-state index is 0.618. The van der Waals surface area contributed by atoms with E-state index in [4.69, 9.17) is 14.4 Å². The molecule has 5 aromatic carbocycles. The summed E-state index contributed by atoms with van der Waals surface area (Å²) in [4.78, 5) is 15.0. The number of fused-ring (bicyclic) bond motifs is 5. The molecule has 0 saturated carbocycles. The first kappa shape index (κ1) is 21.7. The van der Waals surface area contributed by atoms with Crippen LogP contribution in [0.4, 0.5) is 0 Å². The van der Waals surface area contributed by atoms with Crippen LogP contribution < -0.4 is 0 Å². The Hall–Kier alpha value is -6.01. The Morgan fingerprint density at radius 1 is 0.512 bits per heavy atom. The summed E-state index contributed by atoms with van der Waals surface area (Å²) >= 11 is 0. The molecule has 6 heterocycles. The second kappa shape index (κ2) is 7.43. The molecule has 0 unspecified atom stereocenters. The Morgan fingerprint density at radius 2 is 1.28 bits per heavy atom. The number of pyridine rings is 1. The van der Waals surface area contributed by atoms with Gasteiger partial charge in [-0.2, -0.15) is 0 Å². The summed E-state index contributed by atoms with van der Waals surface area (Å²) < 4.78 is 11.2. The molecule has 0 saturated heterocycles. The van der Waals surface area contributed by atoms with E-state index >= 15 is 0 Å². The van der Waals surface area contributed by atoms with Gasteiger partial charge in [0.2, 0.25) is 5.95 Å². The Kier molecular flexibility index (Phi) is 3.75. The molecular weight excluding hydrogens is 530 g/mol. The fraction of sp³-hybridized carbons (Fsp3) is 0. The molecule has 0 N–H and O–H groups in total. The van der Waals surface area contributed by atoms with E-state index in [0.717, 1.165) is 60.8 Å². The molecule has 6 aromatic heterocycles. The molecule has 0 aliphatic heterocycles. The fourth-order valence-electron chi connectivity index (χ4n) is 7.44. The van der Waals surface area contributed by atoms with E-state index in [2.05, 4.69) is 86.7 Å². The number of para-hydroxylation sites is 2. The van der Waals surface area contributed by atoms with Crippen LogP contribution in [0, 0.1) is 0 Å². The van der Waals surface area contributed by atoms with Crippen LogP contribution in [0.25, 0.3) is 99.3 Å². The first-order valence-corrected chi connectivity index (χ1v) is 14.4. The van der Waals surface area contributed by atoms with Gasteiger partial charge < -0.3 is 8.82 Å². The predicted octanol–water partition coefficient (Wildman–Crippen LogP) is 9.12. The number of hydrogen-bond donors (Lipinski definition) is 0. The van der Waals surface area contributed by atoms with Crippen LogP contribution >= 0.6 is 0 Å². The van der Waals surface area contributed by atoms with E-state index in [9.17, 15) is 0 Å². The number of nitrogens with zero attached hydrogens (tertiary/aromatic N) is 5. The molecule has 0 atom stereocenters. The zero-order valence-electron chi connectivity index (χ0n) is 22.6. The van der Waals surface area contributed by atoms with Crippen LogP contribution in [0.5, 0.6) is 0 Å². The second-order valence-corrected chi connectivity index (χ2v) is 11.2. The minimum Gasteiger partial charge on any atom is -0.456 e. The second-order valence-electron chi connectivity index (χ2n) is 11.2. The van der Waals surface area contributed by atoms with Crippen molar-refractivity contribution in [1.29, 1.82) is 0 Å². The summed E-state index contributed by atoms with van der Waals surface area (Å²) in [7, 11) is 0. The Balaban J connectivity index is 1.40. The topological polar surface area (TPSA) is 61.2 Å². The van der Waals surface area contributed by atoms with Gasteiger partial charge in [0.05, 0.1) is 44.2 Å². The lowest BCUT2D eigenvalue weighted by molar-refractivity contribution is 0.669. The molecule has 6 nitrogen and oxygen atoms in total. The maximum Gasteiger partial charge on any atom is 0.235 e. The van der Waals surface area contributed by atoms with Crippen molar-refractivity contribution in [2.75, 3.05) is 0 Å². The molecule has 11 aromatic rings. The van der Waals surface area contributed by atoms with Gasteiger partial charge in [0, 0.05) is 38.5 Å². The van der Waals surface area contributed by atoms with E-state index in [-0.39, 0.29) is 0 Å². The average Bonchev–Trinajstić information content (AvgIpc) is 3.68. The van der Waals surface area contributed by atoms with Gasteiger partial charge >= 0.3 is 0 Å². The van der Waals surface area contributed by atoms with E-state index in [1.165, 1.54) is 32.6 Å². The van der Waals surface area contributed by atoms with Gasteiger partial charge in [0.15, 0.2) is 0 Å². The van der Waals surface area contributed by atoms with Crippen LogP contribution in [0.3, 0.4) is 0 Å². The standard InChI is InChI=1S/C37H19N5O/c1-3-10-23-22(9-1)35(24-11-5-6-19-38-24)40-37(39-23)42-27-14-7-13-26-31(27)32-28(42)16-18-29-33(32)34-30(43-29)17-15-21-20-8-2-4-12-25(20)41(26)36(21)34/h1-19H. The molecule has 0 aliphatic carbocycles. The van der Waals surface area contributed by atoms with Crippen molar-refractivity contribution in [3.8, 4) is 17.3 Å². The third-order valence-electron chi connectivity index (χ3n) is 9.11. The van der Waals surface area contributed by atoms with Gasteiger partial charge in [-0.3, -0.25) is 9.55 Å². The highest BCUT2D eigenvalue weighted by Crippen LogP contribution is 2.48. The zero-order valence-corrected chi connectivity index (χ0v) is 22.6. The normalized spacial score (nSPS) is 12.7. The molecule has 0 spiro atoms. The molecule has 43 heavy (non-hydrogen) atoms. The summed E-state index contributed by atoms with van der Waals surface area (Å²) in [5, 5.41) is 8.06. The Labute approximate surface area is 242 Å². The quantitative estimate of drug-likeness (QED) is 0.216. The lowest BCUT2D eigenvalue weighted by Crippen LogP contribution is -2.04. The van der Waals surface area contributed by atoms with E-state index in [0.29, 0.717) is 5.95 Å². The van der Waals surface area contributed by atoms with Crippen molar-refractivity contribution in [3.05, 3.63) is 115 Å². The highest BCUT2D eigenvalue weighted by molar-refractivity contribution is 6.36. The van der Waals surface area contributed by atoms with Gasteiger partial charge in [-0.15, -0.1) is 0 Å². The molecule has 11 rings (SSSR count). The average molecular weight is 550 g/mol. The molecule has 0 bridgehead atoms. The SMILES string of the molecule is c1ccc(-c2nc(-n3c4ccc5oc6ccc7c8ccccc8n8c9cccc3c9c4c5c6c78)nc3ccccc23)nc1. The van der Waals surface area contributed by atoms with E-state index in [1.807, 2.05) is 42.6 Å².